The van der Waals surface area contributed by atoms with E-state index in [0.717, 1.165) is 23.8 Å². The Morgan fingerprint density at radius 1 is 0.948 bits per heavy atom. The Hall–Kier alpha value is -4.39. The number of methoxy groups -OCH3 is 2. The van der Waals surface area contributed by atoms with Gasteiger partial charge in [-0.2, -0.15) is 0 Å². The molecule has 7 rings (SSSR count). The van der Waals surface area contributed by atoms with Crippen LogP contribution in [0.25, 0.3) is 0 Å². The monoisotopic (exact) mass is 819 g/mol. The molecule has 15 nitrogen and oxygen atoms in total. The second-order valence-corrected chi connectivity index (χ2v) is 21.0. The van der Waals surface area contributed by atoms with Crippen LogP contribution in [0.5, 0.6) is 11.5 Å². The number of likely N-dealkylation sites (tertiary alicyclic amines) is 1. The van der Waals surface area contributed by atoms with Crippen LogP contribution < -0.4 is 24.9 Å². The summed E-state index contributed by atoms with van der Waals surface area (Å²) < 4.78 is 23.4. The fraction of sp³-hybridized carbons (Fsp3) is 0.500. The number of aliphatic hydroxyl groups is 5. The highest BCUT2D eigenvalue weighted by Gasteiger charge is 2.66. The van der Waals surface area contributed by atoms with Crippen LogP contribution in [0.3, 0.4) is 0 Å². The highest BCUT2D eigenvalue weighted by molar-refractivity contribution is 6.91. The number of ether oxygens (including phenoxy) is 4. The van der Waals surface area contributed by atoms with E-state index in [1.165, 1.54) is 0 Å². The standard InChI is InChI=1S/C42H53N3O12Si/c1-23-38(58(4,5)29-14-11-27(54-2)12-15-29)32(20-33(47)44-17-7-10-26(44)22-46)57-42(23)30-19-28(55-3)13-16-31(30)45(41(42)53)21-24-8-6-9-25(18-24)43-39(51)37-35(49)34(48)36(50)40(52)56-37/h6,8-9,11-16,18-19,23,26,32,34-38,40,46,48-50,52H,7,10,17,20-22H2,1-5H3,(H,43,51)/t23-,26+,32+,34+,35+,36-,37+,38-,40-,42+/m1/s1. The van der Waals surface area contributed by atoms with Crippen LogP contribution in [-0.2, 0) is 36.0 Å². The number of carbonyl (C=O) groups is 3. The van der Waals surface area contributed by atoms with Gasteiger partial charge in [0.15, 0.2) is 18.0 Å². The fourth-order valence-electron chi connectivity index (χ4n) is 9.64. The maximum atomic E-state index is 15.3. The van der Waals surface area contributed by atoms with Gasteiger partial charge < -0.3 is 59.6 Å². The van der Waals surface area contributed by atoms with E-state index in [0.29, 0.717) is 34.8 Å². The van der Waals surface area contributed by atoms with Gasteiger partial charge in [0.25, 0.3) is 11.8 Å². The van der Waals surface area contributed by atoms with Gasteiger partial charge in [0.1, 0.15) is 29.8 Å². The molecule has 4 heterocycles. The smallest absolute Gasteiger partial charge is 0.264 e. The van der Waals surface area contributed by atoms with E-state index in [1.54, 1.807) is 54.4 Å². The molecular weight excluding hydrogens is 767 g/mol. The molecule has 10 atom stereocenters. The van der Waals surface area contributed by atoms with Crippen LogP contribution >= 0.6 is 0 Å². The van der Waals surface area contributed by atoms with E-state index < -0.39 is 62.3 Å². The predicted molar refractivity (Wildman–Crippen MR) is 214 cm³/mol. The minimum Gasteiger partial charge on any atom is -0.497 e. The third-order valence-corrected chi connectivity index (χ3v) is 17.1. The van der Waals surface area contributed by atoms with Crippen molar-refractivity contribution in [3.63, 3.8) is 0 Å². The zero-order valence-electron chi connectivity index (χ0n) is 33.3. The largest absolute Gasteiger partial charge is 0.497 e. The second kappa shape index (κ2) is 16.3. The maximum absolute atomic E-state index is 15.3. The number of anilines is 2. The van der Waals surface area contributed by atoms with E-state index in [1.807, 2.05) is 31.2 Å². The van der Waals surface area contributed by atoms with Crippen LogP contribution in [0.15, 0.2) is 66.7 Å². The molecule has 58 heavy (non-hydrogen) atoms. The first-order valence-corrected chi connectivity index (χ1v) is 22.7. The SMILES string of the molecule is COc1ccc([Si](C)(C)[C@H]2[C@H](CC(=O)N3CCC[C@H]3CO)O[C@@]3(C(=O)N(Cc4cccc(NC(=O)[C@H]5O[C@@H](O)[C@H](O)[C@@H](O)[C@@H]5O)c4)c4ccc(OC)cc43)[C@@H]2C)cc1. The fourth-order valence-corrected chi connectivity index (χ4v) is 13.7. The molecule has 0 bridgehead atoms. The number of hydrogen-bond donors (Lipinski definition) is 6. The van der Waals surface area contributed by atoms with Crippen molar-refractivity contribution in [1.82, 2.24) is 4.90 Å². The van der Waals surface area contributed by atoms with Crippen LogP contribution in [0.4, 0.5) is 11.4 Å². The van der Waals surface area contributed by atoms with Crippen LogP contribution in [0, 0.1) is 5.92 Å². The molecular formula is C42H53N3O12Si. The van der Waals surface area contributed by atoms with Gasteiger partial charge >= 0.3 is 0 Å². The van der Waals surface area contributed by atoms with Gasteiger partial charge in [0.05, 0.1) is 59.7 Å². The number of nitrogens with one attached hydrogen (secondary N) is 1. The summed E-state index contributed by atoms with van der Waals surface area (Å²) in [5.41, 5.74) is 0.481. The topological polar surface area (TPSA) is 208 Å². The van der Waals surface area contributed by atoms with Gasteiger partial charge in [-0.05, 0) is 66.4 Å². The van der Waals surface area contributed by atoms with Crippen molar-refractivity contribution in [2.75, 3.05) is 37.6 Å². The number of hydrogen-bond acceptors (Lipinski definition) is 12. The summed E-state index contributed by atoms with van der Waals surface area (Å²) in [4.78, 5) is 46.0. The van der Waals surface area contributed by atoms with Gasteiger partial charge in [0, 0.05) is 23.7 Å². The van der Waals surface area contributed by atoms with Crippen molar-refractivity contribution in [2.24, 2.45) is 5.92 Å². The number of benzene rings is 3. The number of nitrogens with zero attached hydrogens (tertiary/aromatic N) is 2. The Morgan fingerprint density at radius 3 is 2.34 bits per heavy atom. The van der Waals surface area contributed by atoms with Gasteiger partial charge in [0.2, 0.25) is 5.91 Å². The Kier molecular flexibility index (Phi) is 11.8. The quantitative estimate of drug-likeness (QED) is 0.153. The van der Waals surface area contributed by atoms with Crippen molar-refractivity contribution < 1.29 is 58.9 Å². The van der Waals surface area contributed by atoms with E-state index in [2.05, 4.69) is 30.5 Å². The lowest BCUT2D eigenvalue weighted by atomic mass is 9.82. The average molecular weight is 820 g/mol. The minimum absolute atomic E-state index is 0.0423. The number of fused-ring (bicyclic) bond motifs is 2. The summed E-state index contributed by atoms with van der Waals surface area (Å²) in [6.07, 6.45) is -8.01. The lowest BCUT2D eigenvalue weighted by molar-refractivity contribution is -0.274. The van der Waals surface area contributed by atoms with Gasteiger partial charge in [-0.1, -0.05) is 49.5 Å². The zero-order chi connectivity index (χ0) is 41.7. The molecule has 6 N–H and O–H groups in total. The molecule has 3 fully saturated rings. The van der Waals surface area contributed by atoms with Crippen LogP contribution in [0.1, 0.15) is 37.3 Å². The summed E-state index contributed by atoms with van der Waals surface area (Å²) in [6.45, 7) is 7.03. The third-order valence-electron chi connectivity index (χ3n) is 12.7. The number of carbonyl (C=O) groups excluding carboxylic acids is 3. The van der Waals surface area contributed by atoms with Gasteiger partial charge in [-0.15, -0.1) is 0 Å². The van der Waals surface area contributed by atoms with Crippen molar-refractivity contribution in [3.05, 3.63) is 77.9 Å². The van der Waals surface area contributed by atoms with Crippen molar-refractivity contribution >= 4 is 42.4 Å². The first-order chi connectivity index (χ1) is 27.7. The second-order valence-electron chi connectivity index (χ2n) is 16.3. The molecule has 4 aliphatic heterocycles. The lowest BCUT2D eigenvalue weighted by Crippen LogP contribution is -2.60. The molecule has 0 aromatic heterocycles. The van der Waals surface area contributed by atoms with E-state index in [9.17, 15) is 35.1 Å². The summed E-state index contributed by atoms with van der Waals surface area (Å²) in [6, 6.07) is 19.9. The first kappa shape index (κ1) is 41.8. The van der Waals surface area contributed by atoms with E-state index in [4.69, 9.17) is 18.9 Å². The van der Waals surface area contributed by atoms with Crippen LogP contribution in [0.2, 0.25) is 18.6 Å². The molecule has 0 radical (unpaired) electrons. The third kappa shape index (κ3) is 7.19. The molecule has 312 valence electrons. The Morgan fingerprint density at radius 2 is 1.66 bits per heavy atom. The molecule has 0 unspecified atom stereocenters. The maximum Gasteiger partial charge on any atom is 0.264 e. The molecule has 0 aliphatic carbocycles. The number of rotatable bonds is 11. The molecule has 3 amide bonds. The van der Waals surface area contributed by atoms with Gasteiger partial charge in [-0.25, -0.2) is 0 Å². The first-order valence-electron chi connectivity index (χ1n) is 19.7. The van der Waals surface area contributed by atoms with E-state index >= 15 is 4.79 Å². The Bertz CT molecular complexity index is 2020. The predicted octanol–water partition coefficient (Wildman–Crippen LogP) is 1.58. The van der Waals surface area contributed by atoms with Crippen LogP contribution in [-0.4, -0.2) is 126 Å². The normalized spacial score (nSPS) is 30.8. The summed E-state index contributed by atoms with van der Waals surface area (Å²) in [5, 5.41) is 54.1. The molecule has 3 aromatic carbocycles. The molecule has 1 spiro atoms. The Labute approximate surface area is 338 Å². The average Bonchev–Trinajstić information content (AvgIpc) is 3.88. The molecule has 4 aliphatic rings. The number of aliphatic hydroxyl groups excluding tert-OH is 5. The molecule has 3 aromatic rings. The van der Waals surface area contributed by atoms with Crippen molar-refractivity contribution in [2.45, 2.75) is 99.8 Å². The summed E-state index contributed by atoms with van der Waals surface area (Å²) >= 11 is 0. The molecule has 0 saturated carbocycles. The summed E-state index contributed by atoms with van der Waals surface area (Å²) in [5.74, 6) is -0.415. The lowest BCUT2D eigenvalue weighted by Gasteiger charge is -2.37. The minimum atomic E-state index is -2.57. The van der Waals surface area contributed by atoms with Crippen molar-refractivity contribution in [1.29, 1.82) is 0 Å². The van der Waals surface area contributed by atoms with Crippen molar-refractivity contribution in [3.8, 4) is 11.5 Å². The highest BCUT2D eigenvalue weighted by Crippen LogP contribution is 2.60. The summed E-state index contributed by atoms with van der Waals surface area (Å²) in [7, 11) is 0.599. The Balaban J connectivity index is 1.23. The molecule has 3 saturated heterocycles. The zero-order valence-corrected chi connectivity index (χ0v) is 34.3. The van der Waals surface area contributed by atoms with E-state index in [-0.39, 0.29) is 43.0 Å². The molecule has 16 heteroatoms. The number of amides is 3. The highest BCUT2D eigenvalue weighted by atomic mass is 28.3. The van der Waals surface area contributed by atoms with Gasteiger partial charge in [-0.3, -0.25) is 14.4 Å².